The van der Waals surface area contributed by atoms with E-state index in [0.717, 1.165) is 55.1 Å². The zero-order valence-electron chi connectivity index (χ0n) is 17.3. The molecule has 1 fully saturated rings. The van der Waals surface area contributed by atoms with Gasteiger partial charge in [0.1, 0.15) is 0 Å². The maximum absolute atomic E-state index is 12.1. The van der Waals surface area contributed by atoms with E-state index in [-0.39, 0.29) is 5.91 Å². The molecule has 156 valence electrons. The van der Waals surface area contributed by atoms with Gasteiger partial charge in [0.15, 0.2) is 5.96 Å². The Morgan fingerprint density at radius 2 is 1.96 bits per heavy atom. The van der Waals surface area contributed by atoms with Gasteiger partial charge in [0.05, 0.1) is 0 Å². The second kappa shape index (κ2) is 11.8. The number of carbonyl (C=O) groups is 1. The predicted octanol–water partition coefficient (Wildman–Crippen LogP) is 3.17. The Hall–Kier alpha value is -1.89. The highest BCUT2D eigenvalue weighted by molar-refractivity contribution is 7.85. The summed E-state index contributed by atoms with van der Waals surface area (Å²) in [6, 6.07) is 8.17. The Bertz CT molecular complexity index is 675. The normalized spacial score (nSPS) is 21.0. The molecule has 1 aliphatic rings. The van der Waals surface area contributed by atoms with Crippen molar-refractivity contribution < 1.29 is 9.00 Å². The first-order valence-corrected chi connectivity index (χ1v) is 11.7. The van der Waals surface area contributed by atoms with Crippen molar-refractivity contribution in [1.82, 2.24) is 10.6 Å². The van der Waals surface area contributed by atoms with Crippen molar-refractivity contribution in [2.24, 2.45) is 4.99 Å². The van der Waals surface area contributed by atoms with Crippen molar-refractivity contribution in [3.8, 4) is 0 Å². The monoisotopic (exact) mass is 406 g/mol. The van der Waals surface area contributed by atoms with Crippen molar-refractivity contribution in [2.45, 2.75) is 70.2 Å². The van der Waals surface area contributed by atoms with Crippen LogP contribution >= 0.6 is 0 Å². The third-order valence-corrected chi connectivity index (χ3v) is 6.76. The SMILES string of the molecule is CCCC(=O)Nc1ccc(CNC(=NC)NC2CCCC(S(=O)CC)C2)cc1. The first kappa shape index (κ1) is 22.4. The molecule has 28 heavy (non-hydrogen) atoms. The van der Waals surface area contributed by atoms with Gasteiger partial charge >= 0.3 is 0 Å². The number of nitrogens with one attached hydrogen (secondary N) is 3. The van der Waals surface area contributed by atoms with Crippen molar-refractivity contribution in [3.05, 3.63) is 29.8 Å². The standard InChI is InChI=1S/C21H34N4O2S/c1-4-7-20(26)24-17-12-10-16(11-13-17)15-23-21(22-3)25-18-8-6-9-19(14-18)28(27)5-2/h10-13,18-19H,4-9,14-15H2,1-3H3,(H,24,26)(H2,22,23,25). The van der Waals surface area contributed by atoms with Crippen molar-refractivity contribution in [2.75, 3.05) is 18.1 Å². The average Bonchev–Trinajstić information content (AvgIpc) is 2.72. The topological polar surface area (TPSA) is 82.6 Å². The van der Waals surface area contributed by atoms with Crippen LogP contribution in [0.1, 0.15) is 57.9 Å². The number of carbonyl (C=O) groups excluding carboxylic acids is 1. The number of rotatable bonds is 8. The van der Waals surface area contributed by atoms with Crippen LogP contribution in [0.15, 0.2) is 29.3 Å². The Labute approximate surface area is 171 Å². The second-order valence-electron chi connectivity index (χ2n) is 7.22. The maximum atomic E-state index is 12.1. The Morgan fingerprint density at radius 3 is 2.61 bits per heavy atom. The fourth-order valence-corrected chi connectivity index (χ4v) is 4.83. The molecule has 7 heteroatoms. The van der Waals surface area contributed by atoms with E-state index in [1.54, 1.807) is 7.05 Å². The molecule has 0 aromatic heterocycles. The summed E-state index contributed by atoms with van der Waals surface area (Å²) in [5.41, 5.74) is 1.94. The zero-order valence-corrected chi connectivity index (χ0v) is 18.1. The Kier molecular flexibility index (Phi) is 9.47. The fourth-order valence-electron chi connectivity index (χ4n) is 3.48. The van der Waals surface area contributed by atoms with Crippen LogP contribution in [0.5, 0.6) is 0 Å². The molecule has 0 spiro atoms. The van der Waals surface area contributed by atoms with Gasteiger partial charge < -0.3 is 16.0 Å². The quantitative estimate of drug-likeness (QED) is 0.457. The van der Waals surface area contributed by atoms with Gasteiger partial charge in [-0.2, -0.15) is 0 Å². The number of nitrogens with zero attached hydrogens (tertiary/aromatic N) is 1. The van der Waals surface area contributed by atoms with Gasteiger partial charge in [-0.1, -0.05) is 32.4 Å². The summed E-state index contributed by atoms with van der Waals surface area (Å²) in [6.07, 6.45) is 5.58. The molecule has 3 N–H and O–H groups in total. The number of amides is 1. The molecule has 0 aliphatic heterocycles. The molecule has 0 radical (unpaired) electrons. The molecule has 0 heterocycles. The van der Waals surface area contributed by atoms with Crippen LogP contribution in [-0.2, 0) is 22.1 Å². The number of hydrogen-bond acceptors (Lipinski definition) is 3. The Morgan fingerprint density at radius 1 is 1.21 bits per heavy atom. The van der Waals surface area contributed by atoms with Crippen molar-refractivity contribution >= 4 is 28.4 Å². The summed E-state index contributed by atoms with van der Waals surface area (Å²) >= 11 is 0. The van der Waals surface area contributed by atoms with E-state index in [9.17, 15) is 9.00 Å². The van der Waals surface area contributed by atoms with E-state index >= 15 is 0 Å². The molecule has 0 saturated heterocycles. The number of guanidine groups is 1. The molecule has 1 saturated carbocycles. The lowest BCUT2D eigenvalue weighted by atomic mass is 9.95. The summed E-state index contributed by atoms with van der Waals surface area (Å²) in [6.45, 7) is 4.64. The van der Waals surface area contributed by atoms with Crippen LogP contribution in [0.2, 0.25) is 0 Å². The van der Waals surface area contributed by atoms with Gasteiger partial charge in [-0.15, -0.1) is 0 Å². The summed E-state index contributed by atoms with van der Waals surface area (Å²) in [5, 5.41) is 10.0. The van der Waals surface area contributed by atoms with E-state index in [4.69, 9.17) is 0 Å². The van der Waals surface area contributed by atoms with E-state index in [1.807, 2.05) is 38.1 Å². The molecule has 3 unspecified atom stereocenters. The van der Waals surface area contributed by atoms with Gasteiger partial charge in [0, 0.05) is 53.5 Å². The van der Waals surface area contributed by atoms with Crippen LogP contribution < -0.4 is 16.0 Å². The molecule has 1 aliphatic carbocycles. The third kappa shape index (κ3) is 7.26. The lowest BCUT2D eigenvalue weighted by molar-refractivity contribution is -0.116. The van der Waals surface area contributed by atoms with Crippen LogP contribution in [0.25, 0.3) is 0 Å². The minimum atomic E-state index is -0.723. The second-order valence-corrected chi connectivity index (χ2v) is 9.23. The minimum Gasteiger partial charge on any atom is -0.354 e. The summed E-state index contributed by atoms with van der Waals surface area (Å²) < 4.78 is 12.1. The smallest absolute Gasteiger partial charge is 0.224 e. The number of anilines is 1. The molecule has 2 rings (SSSR count). The van der Waals surface area contributed by atoms with Crippen molar-refractivity contribution in [1.29, 1.82) is 0 Å². The molecule has 3 atom stereocenters. The van der Waals surface area contributed by atoms with Crippen LogP contribution in [0.4, 0.5) is 5.69 Å². The van der Waals surface area contributed by atoms with E-state index in [1.165, 1.54) is 0 Å². The highest BCUT2D eigenvalue weighted by atomic mass is 32.2. The Balaban J connectivity index is 1.82. The first-order chi connectivity index (χ1) is 13.5. The van der Waals surface area contributed by atoms with Gasteiger partial charge in [0.2, 0.25) is 5.91 Å². The third-order valence-electron chi connectivity index (χ3n) is 5.02. The summed E-state index contributed by atoms with van der Waals surface area (Å²) in [5.74, 6) is 1.56. The maximum Gasteiger partial charge on any atom is 0.224 e. The summed E-state index contributed by atoms with van der Waals surface area (Å²) in [7, 11) is 1.05. The average molecular weight is 407 g/mol. The molecule has 6 nitrogen and oxygen atoms in total. The van der Waals surface area contributed by atoms with Crippen LogP contribution in [-0.4, -0.2) is 40.2 Å². The highest BCUT2D eigenvalue weighted by Gasteiger charge is 2.25. The lowest BCUT2D eigenvalue weighted by Gasteiger charge is -2.30. The largest absolute Gasteiger partial charge is 0.354 e. The lowest BCUT2D eigenvalue weighted by Crippen LogP contribution is -2.46. The number of hydrogen-bond donors (Lipinski definition) is 3. The van der Waals surface area contributed by atoms with E-state index in [2.05, 4.69) is 20.9 Å². The zero-order chi connectivity index (χ0) is 20.4. The van der Waals surface area contributed by atoms with Gasteiger partial charge in [-0.3, -0.25) is 14.0 Å². The van der Waals surface area contributed by atoms with Crippen LogP contribution in [0, 0.1) is 0 Å². The molecular weight excluding hydrogens is 372 g/mol. The molecular formula is C21H34N4O2S. The summed E-state index contributed by atoms with van der Waals surface area (Å²) in [4.78, 5) is 16.0. The van der Waals surface area contributed by atoms with Gasteiger partial charge in [-0.25, -0.2) is 0 Å². The van der Waals surface area contributed by atoms with E-state index in [0.29, 0.717) is 24.3 Å². The fraction of sp³-hybridized carbons (Fsp3) is 0.619. The highest BCUT2D eigenvalue weighted by Crippen LogP contribution is 2.23. The predicted molar refractivity (Wildman–Crippen MR) is 118 cm³/mol. The molecule has 1 amide bonds. The van der Waals surface area contributed by atoms with Gasteiger partial charge in [-0.05, 0) is 43.4 Å². The molecule has 1 aromatic rings. The van der Waals surface area contributed by atoms with Gasteiger partial charge in [0.25, 0.3) is 0 Å². The van der Waals surface area contributed by atoms with E-state index < -0.39 is 10.8 Å². The van der Waals surface area contributed by atoms with Crippen molar-refractivity contribution in [3.63, 3.8) is 0 Å². The minimum absolute atomic E-state index is 0.0489. The molecule has 1 aromatic carbocycles. The first-order valence-electron chi connectivity index (χ1n) is 10.3. The molecule has 0 bridgehead atoms. The van der Waals surface area contributed by atoms with Crippen LogP contribution in [0.3, 0.4) is 0 Å². The number of benzene rings is 1. The number of aliphatic imine (C=N–C) groups is 1.